The SMILES string of the molecule is CCN(Cc1ccccc1)C(=O)CCc1ccccc1F. The Morgan fingerprint density at radius 3 is 2.38 bits per heavy atom. The van der Waals surface area contributed by atoms with Crippen LogP contribution in [0.15, 0.2) is 54.6 Å². The molecule has 2 rings (SSSR count). The molecule has 0 N–H and O–H groups in total. The molecule has 0 unspecified atom stereocenters. The van der Waals surface area contributed by atoms with Crippen molar-refractivity contribution in [3.63, 3.8) is 0 Å². The maximum absolute atomic E-state index is 13.5. The fourth-order valence-corrected chi connectivity index (χ4v) is 2.28. The third-order valence-corrected chi connectivity index (χ3v) is 3.52. The van der Waals surface area contributed by atoms with Crippen LogP contribution in [0, 0.1) is 5.82 Å². The lowest BCUT2D eigenvalue weighted by atomic mass is 10.1. The second-order valence-corrected chi connectivity index (χ2v) is 4.98. The number of aryl methyl sites for hydroxylation is 1. The molecular weight excluding hydrogens is 265 g/mol. The van der Waals surface area contributed by atoms with Gasteiger partial charge in [-0.05, 0) is 30.5 Å². The van der Waals surface area contributed by atoms with Crippen molar-refractivity contribution in [2.75, 3.05) is 6.54 Å². The summed E-state index contributed by atoms with van der Waals surface area (Å²) in [5, 5.41) is 0. The third-order valence-electron chi connectivity index (χ3n) is 3.52. The van der Waals surface area contributed by atoms with Crippen LogP contribution in [0.1, 0.15) is 24.5 Å². The predicted molar refractivity (Wildman–Crippen MR) is 82.3 cm³/mol. The first-order valence-corrected chi connectivity index (χ1v) is 7.25. The second kappa shape index (κ2) is 7.58. The van der Waals surface area contributed by atoms with Crippen molar-refractivity contribution in [3.05, 3.63) is 71.5 Å². The number of carbonyl (C=O) groups is 1. The van der Waals surface area contributed by atoms with Gasteiger partial charge in [0, 0.05) is 19.5 Å². The summed E-state index contributed by atoms with van der Waals surface area (Å²) in [7, 11) is 0. The standard InChI is InChI=1S/C18H20FNO/c1-2-20(14-15-8-4-3-5-9-15)18(21)13-12-16-10-6-7-11-17(16)19/h3-11H,2,12-14H2,1H3. The topological polar surface area (TPSA) is 20.3 Å². The summed E-state index contributed by atoms with van der Waals surface area (Å²) in [5.74, 6) is -0.180. The van der Waals surface area contributed by atoms with Crippen molar-refractivity contribution < 1.29 is 9.18 Å². The van der Waals surface area contributed by atoms with Crippen molar-refractivity contribution in [3.8, 4) is 0 Å². The molecule has 0 aromatic heterocycles. The molecule has 0 saturated heterocycles. The van der Waals surface area contributed by atoms with E-state index in [0.29, 0.717) is 31.5 Å². The highest BCUT2D eigenvalue weighted by atomic mass is 19.1. The van der Waals surface area contributed by atoms with Gasteiger partial charge in [-0.3, -0.25) is 4.79 Å². The molecule has 1 amide bonds. The van der Waals surface area contributed by atoms with Crippen molar-refractivity contribution in [2.45, 2.75) is 26.3 Å². The average Bonchev–Trinajstić information content (AvgIpc) is 2.52. The highest BCUT2D eigenvalue weighted by Gasteiger charge is 2.13. The minimum atomic E-state index is -0.239. The van der Waals surface area contributed by atoms with E-state index in [1.165, 1.54) is 6.07 Å². The third kappa shape index (κ3) is 4.42. The maximum Gasteiger partial charge on any atom is 0.223 e. The van der Waals surface area contributed by atoms with E-state index < -0.39 is 0 Å². The Labute approximate surface area is 125 Å². The van der Waals surface area contributed by atoms with Crippen LogP contribution in [0.4, 0.5) is 4.39 Å². The molecule has 21 heavy (non-hydrogen) atoms. The smallest absolute Gasteiger partial charge is 0.223 e. The molecule has 0 spiro atoms. The lowest BCUT2D eigenvalue weighted by Gasteiger charge is -2.21. The van der Waals surface area contributed by atoms with Crippen LogP contribution in [0.2, 0.25) is 0 Å². The largest absolute Gasteiger partial charge is 0.339 e. The highest BCUT2D eigenvalue weighted by molar-refractivity contribution is 5.76. The summed E-state index contributed by atoms with van der Waals surface area (Å²) in [6.45, 7) is 3.22. The Balaban J connectivity index is 1.93. The van der Waals surface area contributed by atoms with Gasteiger partial charge in [-0.25, -0.2) is 4.39 Å². The zero-order chi connectivity index (χ0) is 15.1. The molecule has 0 atom stereocenters. The summed E-state index contributed by atoms with van der Waals surface area (Å²) in [4.78, 5) is 14.1. The Bertz CT molecular complexity index is 583. The van der Waals surface area contributed by atoms with E-state index in [9.17, 15) is 9.18 Å². The normalized spacial score (nSPS) is 10.4. The molecule has 0 aliphatic heterocycles. The van der Waals surface area contributed by atoms with Crippen molar-refractivity contribution in [1.82, 2.24) is 4.90 Å². The number of carbonyl (C=O) groups excluding carboxylic acids is 1. The summed E-state index contributed by atoms with van der Waals surface area (Å²) >= 11 is 0. The average molecular weight is 285 g/mol. The Kier molecular flexibility index (Phi) is 5.50. The first-order chi connectivity index (χ1) is 10.2. The Hall–Kier alpha value is -2.16. The number of rotatable bonds is 6. The molecule has 0 radical (unpaired) electrons. The van der Waals surface area contributed by atoms with Crippen LogP contribution in [-0.2, 0) is 17.8 Å². The molecule has 0 aliphatic rings. The molecule has 0 heterocycles. The molecule has 0 bridgehead atoms. The monoisotopic (exact) mass is 285 g/mol. The van der Waals surface area contributed by atoms with E-state index in [0.717, 1.165) is 5.56 Å². The predicted octanol–water partition coefficient (Wildman–Crippen LogP) is 3.81. The molecule has 3 heteroatoms. The quantitative estimate of drug-likeness (QED) is 0.790. The lowest BCUT2D eigenvalue weighted by molar-refractivity contribution is -0.131. The maximum atomic E-state index is 13.5. The van der Waals surface area contributed by atoms with Gasteiger partial charge < -0.3 is 4.90 Å². The van der Waals surface area contributed by atoms with E-state index in [4.69, 9.17) is 0 Å². The number of benzene rings is 2. The first-order valence-electron chi connectivity index (χ1n) is 7.25. The van der Waals surface area contributed by atoms with Crippen LogP contribution in [0.5, 0.6) is 0 Å². The minimum Gasteiger partial charge on any atom is -0.339 e. The van der Waals surface area contributed by atoms with Crippen LogP contribution in [-0.4, -0.2) is 17.4 Å². The fourth-order valence-electron chi connectivity index (χ4n) is 2.28. The minimum absolute atomic E-state index is 0.0598. The van der Waals surface area contributed by atoms with E-state index >= 15 is 0 Å². The zero-order valence-electron chi connectivity index (χ0n) is 12.3. The number of amides is 1. The van der Waals surface area contributed by atoms with Crippen LogP contribution in [0.3, 0.4) is 0 Å². The van der Waals surface area contributed by atoms with Gasteiger partial charge in [0.2, 0.25) is 5.91 Å². The number of halogens is 1. The molecular formula is C18H20FNO. The molecule has 0 fully saturated rings. The first kappa shape index (κ1) is 15.2. The molecule has 0 saturated carbocycles. The van der Waals surface area contributed by atoms with Gasteiger partial charge in [-0.2, -0.15) is 0 Å². The van der Waals surface area contributed by atoms with Crippen molar-refractivity contribution in [1.29, 1.82) is 0 Å². The van der Waals surface area contributed by atoms with Gasteiger partial charge in [0.15, 0.2) is 0 Å². The van der Waals surface area contributed by atoms with Gasteiger partial charge in [0.25, 0.3) is 0 Å². The number of nitrogens with zero attached hydrogens (tertiary/aromatic N) is 1. The summed E-state index contributed by atoms with van der Waals surface area (Å²) in [6.07, 6.45) is 0.776. The molecule has 2 aromatic rings. The van der Waals surface area contributed by atoms with E-state index in [1.54, 1.807) is 23.1 Å². The van der Waals surface area contributed by atoms with Crippen LogP contribution < -0.4 is 0 Å². The van der Waals surface area contributed by atoms with E-state index in [-0.39, 0.29) is 11.7 Å². The fraction of sp³-hybridized carbons (Fsp3) is 0.278. The number of hydrogen-bond acceptors (Lipinski definition) is 1. The molecule has 110 valence electrons. The number of hydrogen-bond donors (Lipinski definition) is 0. The van der Waals surface area contributed by atoms with Gasteiger partial charge in [0.05, 0.1) is 0 Å². The van der Waals surface area contributed by atoms with Gasteiger partial charge in [-0.1, -0.05) is 48.5 Å². The van der Waals surface area contributed by atoms with Crippen LogP contribution >= 0.6 is 0 Å². The molecule has 2 nitrogen and oxygen atoms in total. The lowest BCUT2D eigenvalue weighted by Crippen LogP contribution is -2.30. The summed E-state index contributed by atoms with van der Waals surface area (Å²) < 4.78 is 13.5. The van der Waals surface area contributed by atoms with Gasteiger partial charge >= 0.3 is 0 Å². The van der Waals surface area contributed by atoms with Crippen molar-refractivity contribution >= 4 is 5.91 Å². The van der Waals surface area contributed by atoms with Crippen molar-refractivity contribution in [2.24, 2.45) is 0 Å². The molecule has 0 aliphatic carbocycles. The summed E-state index contributed by atoms with van der Waals surface area (Å²) in [5.41, 5.74) is 1.71. The highest BCUT2D eigenvalue weighted by Crippen LogP contribution is 2.11. The summed E-state index contributed by atoms with van der Waals surface area (Å²) in [6, 6.07) is 16.5. The van der Waals surface area contributed by atoms with Gasteiger partial charge in [-0.15, -0.1) is 0 Å². The molecule has 2 aromatic carbocycles. The van der Waals surface area contributed by atoms with E-state index in [2.05, 4.69) is 0 Å². The Morgan fingerprint density at radius 2 is 1.71 bits per heavy atom. The van der Waals surface area contributed by atoms with Crippen LogP contribution in [0.25, 0.3) is 0 Å². The second-order valence-electron chi connectivity index (χ2n) is 4.98. The van der Waals surface area contributed by atoms with Gasteiger partial charge in [0.1, 0.15) is 5.82 Å². The van der Waals surface area contributed by atoms with E-state index in [1.807, 2.05) is 37.3 Å². The zero-order valence-corrected chi connectivity index (χ0v) is 12.3. The Morgan fingerprint density at radius 1 is 1.05 bits per heavy atom.